The van der Waals surface area contributed by atoms with Crippen molar-refractivity contribution < 1.29 is 9.72 Å². The van der Waals surface area contributed by atoms with E-state index in [1.54, 1.807) is 23.1 Å². The molecule has 1 fully saturated rings. The van der Waals surface area contributed by atoms with Crippen LogP contribution in [0.1, 0.15) is 6.42 Å². The van der Waals surface area contributed by atoms with Crippen LogP contribution >= 0.6 is 12.4 Å². The molecule has 1 aliphatic heterocycles. The molecular weight excluding hydrogens is 284 g/mol. The van der Waals surface area contributed by atoms with Gasteiger partial charge in [0.1, 0.15) is 5.69 Å². The van der Waals surface area contributed by atoms with Gasteiger partial charge in [-0.15, -0.1) is 12.4 Å². The van der Waals surface area contributed by atoms with Crippen LogP contribution in [0, 0.1) is 10.1 Å². The van der Waals surface area contributed by atoms with Gasteiger partial charge in [0, 0.05) is 25.2 Å². The Balaban J connectivity index is 0.00000200. The summed E-state index contributed by atoms with van der Waals surface area (Å²) in [6, 6.07) is 6.30. The average molecular weight is 301 g/mol. The van der Waals surface area contributed by atoms with Crippen LogP contribution in [0.5, 0.6) is 0 Å². The first-order chi connectivity index (χ1) is 9.08. The van der Waals surface area contributed by atoms with Crippen LogP contribution in [-0.2, 0) is 4.79 Å². The van der Waals surface area contributed by atoms with Gasteiger partial charge >= 0.3 is 0 Å². The first kappa shape index (κ1) is 16.2. The number of amides is 1. The summed E-state index contributed by atoms with van der Waals surface area (Å²) < 4.78 is 0. The molecule has 0 saturated carbocycles. The molecule has 1 amide bonds. The fraction of sp³-hybridized carbons (Fsp3) is 0.417. The van der Waals surface area contributed by atoms with Gasteiger partial charge < -0.3 is 16.0 Å². The lowest BCUT2D eigenvalue weighted by Gasteiger charge is -2.16. The molecule has 0 radical (unpaired) electrons. The van der Waals surface area contributed by atoms with Gasteiger partial charge in [-0.05, 0) is 12.5 Å². The number of nitro benzene ring substituents is 1. The highest BCUT2D eigenvalue weighted by atomic mass is 35.5. The summed E-state index contributed by atoms with van der Waals surface area (Å²) in [5.41, 5.74) is 6.05. The third kappa shape index (κ3) is 3.82. The molecule has 110 valence electrons. The van der Waals surface area contributed by atoms with E-state index < -0.39 is 4.92 Å². The van der Waals surface area contributed by atoms with E-state index in [1.165, 1.54) is 6.07 Å². The average Bonchev–Trinajstić information content (AvgIpc) is 2.83. The maximum Gasteiger partial charge on any atom is 0.292 e. The number of nitro groups is 1. The SMILES string of the molecule is Cl.N[C@@H]1CCN(C(=O)CNc2ccccc2[N+](=O)[O-])C1. The Hall–Kier alpha value is -1.86. The van der Waals surface area contributed by atoms with E-state index in [-0.39, 0.29) is 36.6 Å². The third-order valence-corrected chi connectivity index (χ3v) is 3.11. The lowest BCUT2D eigenvalue weighted by molar-refractivity contribution is -0.383. The Labute approximate surface area is 122 Å². The highest BCUT2D eigenvalue weighted by molar-refractivity contribution is 5.85. The summed E-state index contributed by atoms with van der Waals surface area (Å²) in [5.74, 6) is -0.0916. The van der Waals surface area contributed by atoms with Gasteiger partial charge in [-0.2, -0.15) is 0 Å². The standard InChI is InChI=1S/C12H16N4O3.ClH/c13-9-5-6-15(8-9)12(17)7-14-10-3-1-2-4-11(10)16(18)19;/h1-4,9,14H,5-8,13H2;1H/t9-;/m1./s1. The lowest BCUT2D eigenvalue weighted by atomic mass is 10.2. The van der Waals surface area contributed by atoms with Gasteiger partial charge in [-0.3, -0.25) is 14.9 Å². The van der Waals surface area contributed by atoms with E-state index in [0.29, 0.717) is 18.8 Å². The molecule has 1 aromatic rings. The number of nitrogens with two attached hydrogens (primary N) is 1. The highest BCUT2D eigenvalue weighted by Crippen LogP contribution is 2.22. The van der Waals surface area contributed by atoms with Gasteiger partial charge in [-0.1, -0.05) is 12.1 Å². The number of likely N-dealkylation sites (tertiary alicyclic amines) is 1. The topological polar surface area (TPSA) is 102 Å². The normalized spacial score (nSPS) is 17.4. The molecule has 1 aromatic carbocycles. The number of nitrogens with one attached hydrogen (secondary N) is 1. The molecule has 20 heavy (non-hydrogen) atoms. The summed E-state index contributed by atoms with van der Waals surface area (Å²) in [4.78, 5) is 23.9. The van der Waals surface area contributed by atoms with Crippen molar-refractivity contribution in [1.82, 2.24) is 4.90 Å². The van der Waals surface area contributed by atoms with Crippen LogP contribution in [0.2, 0.25) is 0 Å². The molecule has 2 rings (SSSR count). The Morgan fingerprint density at radius 1 is 1.50 bits per heavy atom. The Bertz CT molecular complexity index is 497. The van der Waals surface area contributed by atoms with Crippen LogP contribution in [0.3, 0.4) is 0 Å². The molecule has 7 nitrogen and oxygen atoms in total. The zero-order valence-corrected chi connectivity index (χ0v) is 11.6. The number of benzene rings is 1. The number of rotatable bonds is 4. The largest absolute Gasteiger partial charge is 0.371 e. The van der Waals surface area contributed by atoms with E-state index >= 15 is 0 Å². The zero-order chi connectivity index (χ0) is 13.8. The molecule has 0 unspecified atom stereocenters. The second kappa shape index (κ2) is 7.06. The molecule has 3 N–H and O–H groups in total. The maximum atomic E-state index is 11.9. The predicted molar refractivity (Wildman–Crippen MR) is 78.0 cm³/mol. The fourth-order valence-corrected chi connectivity index (χ4v) is 2.08. The lowest BCUT2D eigenvalue weighted by Crippen LogP contribution is -2.35. The number of hydrogen-bond acceptors (Lipinski definition) is 5. The van der Waals surface area contributed by atoms with Crippen LogP contribution in [0.25, 0.3) is 0 Å². The molecule has 1 atom stereocenters. The molecule has 0 aromatic heterocycles. The third-order valence-electron chi connectivity index (χ3n) is 3.11. The summed E-state index contributed by atoms with van der Waals surface area (Å²) in [6.45, 7) is 1.24. The van der Waals surface area contributed by atoms with Crippen LogP contribution in [0.15, 0.2) is 24.3 Å². The van der Waals surface area contributed by atoms with E-state index in [9.17, 15) is 14.9 Å². The Kier molecular flexibility index (Phi) is 5.72. The smallest absolute Gasteiger partial charge is 0.292 e. The minimum absolute atomic E-state index is 0. The quantitative estimate of drug-likeness (QED) is 0.638. The Morgan fingerprint density at radius 2 is 2.20 bits per heavy atom. The first-order valence-electron chi connectivity index (χ1n) is 6.08. The molecule has 8 heteroatoms. The Morgan fingerprint density at radius 3 is 2.80 bits per heavy atom. The number of carbonyl (C=O) groups is 1. The maximum absolute atomic E-state index is 11.9. The second-order valence-corrected chi connectivity index (χ2v) is 4.52. The summed E-state index contributed by atoms with van der Waals surface area (Å²) in [5, 5.41) is 13.6. The van der Waals surface area contributed by atoms with E-state index in [1.807, 2.05) is 0 Å². The van der Waals surface area contributed by atoms with Crippen molar-refractivity contribution in [1.29, 1.82) is 0 Å². The van der Waals surface area contributed by atoms with Gasteiger partial charge in [0.25, 0.3) is 5.69 Å². The molecule has 0 bridgehead atoms. The molecule has 1 aliphatic rings. The number of carbonyl (C=O) groups excluding carboxylic acids is 1. The van der Waals surface area contributed by atoms with Gasteiger partial charge in [0.2, 0.25) is 5.91 Å². The van der Waals surface area contributed by atoms with Crippen molar-refractivity contribution in [3.8, 4) is 0 Å². The number of hydrogen-bond donors (Lipinski definition) is 2. The number of nitrogens with zero attached hydrogens (tertiary/aromatic N) is 2. The highest BCUT2D eigenvalue weighted by Gasteiger charge is 2.23. The monoisotopic (exact) mass is 300 g/mol. The number of halogens is 1. The molecular formula is C12H17ClN4O3. The van der Waals surface area contributed by atoms with Crippen LogP contribution in [-0.4, -0.2) is 41.4 Å². The summed E-state index contributed by atoms with van der Waals surface area (Å²) >= 11 is 0. The van der Waals surface area contributed by atoms with Crippen LogP contribution in [0.4, 0.5) is 11.4 Å². The van der Waals surface area contributed by atoms with Crippen molar-refractivity contribution in [2.75, 3.05) is 25.0 Å². The zero-order valence-electron chi connectivity index (χ0n) is 10.8. The fourth-order valence-electron chi connectivity index (χ4n) is 2.08. The molecule has 0 aliphatic carbocycles. The number of para-hydroxylation sites is 2. The van der Waals surface area contributed by atoms with Crippen molar-refractivity contribution in [2.24, 2.45) is 5.73 Å². The summed E-state index contributed by atoms with van der Waals surface area (Å²) in [7, 11) is 0. The van der Waals surface area contributed by atoms with Crippen LogP contribution < -0.4 is 11.1 Å². The molecule has 1 heterocycles. The first-order valence-corrected chi connectivity index (χ1v) is 6.08. The number of anilines is 1. The van der Waals surface area contributed by atoms with Crippen molar-refractivity contribution in [3.05, 3.63) is 34.4 Å². The molecule has 1 saturated heterocycles. The van der Waals surface area contributed by atoms with Gasteiger partial charge in [-0.25, -0.2) is 0 Å². The van der Waals surface area contributed by atoms with E-state index in [4.69, 9.17) is 5.73 Å². The predicted octanol–water partition coefficient (Wildman–Crippen LogP) is 0.988. The minimum Gasteiger partial charge on any atom is -0.371 e. The second-order valence-electron chi connectivity index (χ2n) is 4.52. The summed E-state index contributed by atoms with van der Waals surface area (Å²) in [6.07, 6.45) is 0.803. The molecule has 0 spiro atoms. The van der Waals surface area contributed by atoms with Crippen molar-refractivity contribution >= 4 is 29.7 Å². The van der Waals surface area contributed by atoms with Gasteiger partial charge in [0.05, 0.1) is 11.5 Å². The van der Waals surface area contributed by atoms with E-state index in [2.05, 4.69) is 5.32 Å². The van der Waals surface area contributed by atoms with Gasteiger partial charge in [0.15, 0.2) is 0 Å². The minimum atomic E-state index is -0.474. The van der Waals surface area contributed by atoms with Crippen molar-refractivity contribution in [3.63, 3.8) is 0 Å². The van der Waals surface area contributed by atoms with Crippen molar-refractivity contribution in [2.45, 2.75) is 12.5 Å². The van der Waals surface area contributed by atoms with E-state index in [0.717, 1.165) is 6.42 Å².